The van der Waals surface area contributed by atoms with Crippen molar-refractivity contribution in [2.24, 2.45) is 5.16 Å². The van der Waals surface area contributed by atoms with Crippen LogP contribution in [0.2, 0.25) is 0 Å². The van der Waals surface area contributed by atoms with Crippen LogP contribution in [0.1, 0.15) is 26.5 Å². The van der Waals surface area contributed by atoms with Gasteiger partial charge in [0, 0.05) is 23.6 Å². The Morgan fingerprint density at radius 1 is 1.17 bits per heavy atom. The highest BCUT2D eigenvalue weighted by atomic mass is 32.2. The fourth-order valence-corrected chi connectivity index (χ4v) is 5.54. The molecule has 0 saturated carbocycles. The minimum Gasteiger partial charge on any atom is -0.463 e. The molecule has 41 heavy (non-hydrogen) atoms. The molecule has 1 aromatic rings. The molecule has 3 N–H and O–H groups in total. The van der Waals surface area contributed by atoms with Crippen LogP contribution >= 0.6 is 23.1 Å². The predicted molar refractivity (Wildman–Crippen MR) is 142 cm³/mol. The second kappa shape index (κ2) is 13.9. The summed E-state index contributed by atoms with van der Waals surface area (Å²) < 4.78 is 19.8. The van der Waals surface area contributed by atoms with Crippen molar-refractivity contribution < 1.29 is 52.6 Å². The molecule has 2 atom stereocenters. The summed E-state index contributed by atoms with van der Waals surface area (Å²) >= 11 is 2.24. The Balaban J connectivity index is 1.87. The van der Waals surface area contributed by atoms with Crippen molar-refractivity contribution in [3.05, 3.63) is 22.3 Å². The zero-order chi connectivity index (χ0) is 30.3. The van der Waals surface area contributed by atoms with Gasteiger partial charge in [0.25, 0.3) is 17.9 Å². The molecule has 2 aliphatic rings. The molecule has 18 heteroatoms. The number of aromatic nitrogens is 1. The average Bonchev–Trinajstić information content (AvgIpc) is 3.36. The third-order valence-corrected chi connectivity index (χ3v) is 7.38. The van der Waals surface area contributed by atoms with E-state index in [4.69, 9.17) is 29.5 Å². The third-order valence-electron chi connectivity index (χ3n) is 5.37. The van der Waals surface area contributed by atoms with Crippen LogP contribution in [-0.4, -0.2) is 101 Å². The van der Waals surface area contributed by atoms with E-state index in [1.165, 1.54) is 38.1 Å². The number of rotatable bonds is 12. The summed E-state index contributed by atoms with van der Waals surface area (Å²) in [5, 5.41) is 7.09. The summed E-state index contributed by atoms with van der Waals surface area (Å²) in [6.45, 7) is 3.54. The van der Waals surface area contributed by atoms with Crippen molar-refractivity contribution in [3.8, 4) is 0 Å². The molecule has 1 saturated heterocycles. The zero-order valence-corrected chi connectivity index (χ0v) is 24.0. The number of thioether (sulfide) groups is 1. The van der Waals surface area contributed by atoms with Crippen molar-refractivity contribution in [1.29, 1.82) is 0 Å². The monoisotopic (exact) mass is 613 g/mol. The van der Waals surface area contributed by atoms with Crippen molar-refractivity contribution in [3.63, 3.8) is 0 Å². The molecule has 0 aromatic carbocycles. The molecule has 0 unspecified atom stereocenters. The molecule has 2 aliphatic heterocycles. The number of hydrogen-bond donors (Lipinski definition) is 2. The number of nitrogens with one attached hydrogen (secondary N) is 1. The van der Waals surface area contributed by atoms with Crippen molar-refractivity contribution >= 4 is 69.6 Å². The molecule has 222 valence electrons. The number of carbonyl (C=O) groups is 6. The number of nitrogen functional groups attached to an aromatic ring is 1. The molecule has 3 heterocycles. The summed E-state index contributed by atoms with van der Waals surface area (Å²) in [5.74, 6) is -5.67. The second-order valence-corrected chi connectivity index (χ2v) is 10.1. The maximum Gasteiger partial charge on any atom is 0.359 e. The highest BCUT2D eigenvalue weighted by Crippen LogP contribution is 2.41. The van der Waals surface area contributed by atoms with Crippen molar-refractivity contribution in [2.75, 3.05) is 38.4 Å². The minimum atomic E-state index is -2.07. The van der Waals surface area contributed by atoms with E-state index in [0.29, 0.717) is 0 Å². The van der Waals surface area contributed by atoms with E-state index in [9.17, 15) is 28.8 Å². The van der Waals surface area contributed by atoms with Crippen LogP contribution < -0.4 is 11.1 Å². The number of nitrogens with zero attached hydrogens (tertiary/aromatic N) is 3. The number of fused-ring (bicyclic) bond motifs is 1. The number of hydrogen-bond acceptors (Lipinski definition) is 16. The smallest absolute Gasteiger partial charge is 0.359 e. The van der Waals surface area contributed by atoms with Crippen LogP contribution in [0, 0.1) is 0 Å². The lowest BCUT2D eigenvalue weighted by atomic mass is 10.0. The van der Waals surface area contributed by atoms with E-state index in [1.807, 2.05) is 0 Å². The lowest BCUT2D eigenvalue weighted by Crippen LogP contribution is -2.71. The summed E-state index contributed by atoms with van der Waals surface area (Å²) in [6, 6.07) is -1.12. The topological polar surface area (TPSA) is 215 Å². The van der Waals surface area contributed by atoms with Gasteiger partial charge in [0.05, 0.1) is 13.2 Å². The first-order valence-electron chi connectivity index (χ1n) is 12.0. The number of ether oxygens (including phenoxy) is 4. The molecular formula is C23H27N5O11S2. The summed E-state index contributed by atoms with van der Waals surface area (Å²) in [6.07, 6.45) is -2.07. The molecule has 0 aliphatic carbocycles. The summed E-state index contributed by atoms with van der Waals surface area (Å²) in [4.78, 5) is 85.5. The van der Waals surface area contributed by atoms with Crippen molar-refractivity contribution in [2.45, 2.75) is 38.3 Å². The van der Waals surface area contributed by atoms with E-state index in [1.54, 1.807) is 0 Å². The first-order valence-corrected chi connectivity index (χ1v) is 13.9. The van der Waals surface area contributed by atoms with E-state index in [2.05, 4.69) is 15.5 Å². The molecule has 1 fully saturated rings. The number of thiazole rings is 1. The Labute approximate surface area is 241 Å². The van der Waals surface area contributed by atoms with Gasteiger partial charge in [-0.2, -0.15) is 0 Å². The van der Waals surface area contributed by atoms with E-state index >= 15 is 0 Å². The Kier molecular flexibility index (Phi) is 10.6. The zero-order valence-electron chi connectivity index (χ0n) is 22.4. The van der Waals surface area contributed by atoms with Gasteiger partial charge in [0.1, 0.15) is 36.5 Å². The lowest BCUT2D eigenvalue weighted by Gasteiger charge is -2.49. The van der Waals surface area contributed by atoms with Gasteiger partial charge in [-0.25, -0.2) is 19.4 Å². The van der Waals surface area contributed by atoms with Gasteiger partial charge in [0.2, 0.25) is 0 Å². The highest BCUT2D eigenvalue weighted by Gasteiger charge is 2.55. The van der Waals surface area contributed by atoms with Crippen LogP contribution in [-0.2, 0) is 52.6 Å². The van der Waals surface area contributed by atoms with Gasteiger partial charge in [0.15, 0.2) is 10.8 Å². The molecule has 2 amide bonds. The summed E-state index contributed by atoms with van der Waals surface area (Å²) in [7, 11) is 1.23. The number of β-lactam (4-membered cyclic amide) rings is 1. The first-order chi connectivity index (χ1) is 19.5. The van der Waals surface area contributed by atoms with Gasteiger partial charge >= 0.3 is 23.9 Å². The SMILES string of the molecule is CCOC(=O)C(OC(=O)C1=C(COC(C)=O)CS[C@@H]2[C@H](NC(=O)C(=NOC)c3csc(N)n3)C(=O)N12)C(=O)OCC. The Morgan fingerprint density at radius 3 is 2.37 bits per heavy atom. The van der Waals surface area contributed by atoms with Gasteiger partial charge in [-0.1, -0.05) is 5.16 Å². The minimum absolute atomic E-state index is 0.0731. The van der Waals surface area contributed by atoms with Gasteiger partial charge in [-0.05, 0) is 13.8 Å². The third kappa shape index (κ3) is 7.12. The van der Waals surface area contributed by atoms with E-state index in [-0.39, 0.29) is 53.4 Å². The van der Waals surface area contributed by atoms with Gasteiger partial charge in [-0.15, -0.1) is 23.1 Å². The molecule has 1 aromatic heterocycles. The molecule has 0 spiro atoms. The number of anilines is 1. The van der Waals surface area contributed by atoms with Crippen LogP contribution in [0.3, 0.4) is 0 Å². The standard InChI is InChI=1S/C23H27N5O11S2/c1-5-36-21(33)16(22(34)37-6-2)39-20(32)15-11(7-38-10(3)29)8-40-19-14(18(31)28(15)19)26-17(30)13(27-35-4)12-9-41-23(24)25-12/h9,14,16,19H,5-8H2,1-4H3,(H2,24,25)(H,26,30)/t14-,19-/m1/s1. The molecule has 16 nitrogen and oxygen atoms in total. The molecule has 3 rings (SSSR count). The quantitative estimate of drug-likeness (QED) is 0.0747. The normalized spacial score (nSPS) is 18.2. The number of nitrogens with two attached hydrogens (primary N) is 1. The van der Waals surface area contributed by atoms with Crippen LogP contribution in [0.25, 0.3) is 0 Å². The number of carbonyl (C=O) groups excluding carboxylic acids is 6. The van der Waals surface area contributed by atoms with Crippen LogP contribution in [0.4, 0.5) is 5.13 Å². The van der Waals surface area contributed by atoms with E-state index < -0.39 is 53.2 Å². The highest BCUT2D eigenvalue weighted by molar-refractivity contribution is 8.00. The lowest BCUT2D eigenvalue weighted by molar-refractivity contribution is -0.179. The summed E-state index contributed by atoms with van der Waals surface area (Å²) in [5.41, 5.74) is 5.37. The second-order valence-electron chi connectivity index (χ2n) is 8.08. The maximum absolute atomic E-state index is 13.3. The van der Waals surface area contributed by atoms with E-state index in [0.717, 1.165) is 23.2 Å². The maximum atomic E-state index is 13.3. The molecule has 0 radical (unpaired) electrons. The Bertz CT molecular complexity index is 1280. The Morgan fingerprint density at radius 2 is 1.83 bits per heavy atom. The Hall–Kier alpha value is -4.19. The number of oxime groups is 1. The van der Waals surface area contributed by atoms with Gasteiger partial charge in [-0.3, -0.25) is 19.3 Å². The average molecular weight is 614 g/mol. The van der Waals surface area contributed by atoms with Crippen LogP contribution in [0.15, 0.2) is 21.8 Å². The predicted octanol–water partition coefficient (Wildman–Crippen LogP) is -0.669. The van der Waals surface area contributed by atoms with Crippen LogP contribution in [0.5, 0.6) is 0 Å². The largest absolute Gasteiger partial charge is 0.463 e. The first kappa shape index (κ1) is 31.3. The molecule has 0 bridgehead atoms. The number of esters is 4. The fraction of sp³-hybridized carbons (Fsp3) is 0.478. The molecular weight excluding hydrogens is 586 g/mol. The van der Waals surface area contributed by atoms with Crippen molar-refractivity contribution in [1.82, 2.24) is 15.2 Å². The fourth-order valence-electron chi connectivity index (χ4n) is 3.66. The number of amides is 2. The van der Waals surface area contributed by atoms with Gasteiger partial charge < -0.3 is 34.8 Å².